The summed E-state index contributed by atoms with van der Waals surface area (Å²) in [4.78, 5) is 11.7. The molecular weight excluding hydrogens is 240 g/mol. The Kier molecular flexibility index (Phi) is 4.66. The Morgan fingerprint density at radius 2 is 2.26 bits per heavy atom. The third-order valence-corrected chi connectivity index (χ3v) is 3.66. The number of nitrogen functional groups attached to an aromatic ring is 1. The molecule has 0 bridgehead atoms. The summed E-state index contributed by atoms with van der Waals surface area (Å²) in [6, 6.07) is 5.42. The monoisotopic (exact) mass is 262 g/mol. The number of carbonyl (C=O) groups is 1. The van der Waals surface area contributed by atoms with Gasteiger partial charge in [0.15, 0.2) is 0 Å². The quantitative estimate of drug-likeness (QED) is 0.611. The average molecular weight is 262 g/mol. The zero-order chi connectivity index (χ0) is 13.7. The number of carbonyl (C=O) groups excluding carboxylic acids is 1. The minimum Gasteiger partial charge on any atom is -0.462 e. The lowest BCUT2D eigenvalue weighted by atomic mass is 9.83. The number of nitrogens with two attached hydrogens (primary N) is 1. The number of ether oxygens (including phenoxy) is 1. The fourth-order valence-electron chi connectivity index (χ4n) is 2.25. The van der Waals surface area contributed by atoms with Gasteiger partial charge in [-0.1, -0.05) is 19.3 Å². The molecule has 2 rings (SSSR count). The van der Waals surface area contributed by atoms with Crippen molar-refractivity contribution in [3.05, 3.63) is 23.8 Å². The normalized spacial score (nSPS) is 14.8. The lowest BCUT2D eigenvalue weighted by Crippen LogP contribution is -2.16. The van der Waals surface area contributed by atoms with E-state index >= 15 is 0 Å². The summed E-state index contributed by atoms with van der Waals surface area (Å²) in [5.74, 6) is 0.522. The minimum absolute atomic E-state index is 0.359. The fraction of sp³-hybridized carbons (Fsp3) is 0.533. The number of anilines is 2. The van der Waals surface area contributed by atoms with E-state index in [2.05, 4.69) is 5.32 Å². The first-order valence-corrected chi connectivity index (χ1v) is 7.01. The minimum atomic E-state index is -0.359. The Bertz CT molecular complexity index is 442. The van der Waals surface area contributed by atoms with Crippen molar-refractivity contribution < 1.29 is 9.53 Å². The van der Waals surface area contributed by atoms with Crippen LogP contribution in [0, 0.1) is 5.92 Å². The van der Waals surface area contributed by atoms with E-state index in [-0.39, 0.29) is 5.97 Å². The first kappa shape index (κ1) is 13.7. The molecule has 1 fully saturated rings. The first-order valence-electron chi connectivity index (χ1n) is 7.01. The van der Waals surface area contributed by atoms with Gasteiger partial charge >= 0.3 is 5.97 Å². The maximum Gasteiger partial charge on any atom is 0.340 e. The van der Waals surface area contributed by atoms with Crippen LogP contribution in [0.25, 0.3) is 0 Å². The van der Waals surface area contributed by atoms with Crippen LogP contribution in [0.4, 0.5) is 11.4 Å². The number of hydrogen-bond acceptors (Lipinski definition) is 4. The highest BCUT2D eigenvalue weighted by molar-refractivity contribution is 5.96. The highest BCUT2D eigenvalue weighted by Crippen LogP contribution is 2.29. The topological polar surface area (TPSA) is 64.3 Å². The van der Waals surface area contributed by atoms with Crippen LogP contribution in [0.15, 0.2) is 18.2 Å². The average Bonchev–Trinajstić information content (AvgIpc) is 2.34. The number of hydrogen-bond donors (Lipinski definition) is 2. The van der Waals surface area contributed by atoms with E-state index in [1.165, 1.54) is 25.7 Å². The molecule has 0 spiro atoms. The van der Waals surface area contributed by atoms with Crippen molar-refractivity contribution in [2.45, 2.75) is 32.6 Å². The Morgan fingerprint density at radius 3 is 2.89 bits per heavy atom. The van der Waals surface area contributed by atoms with Crippen LogP contribution in [0.2, 0.25) is 0 Å². The second-order valence-corrected chi connectivity index (χ2v) is 5.03. The molecule has 0 aromatic heterocycles. The molecule has 4 nitrogen and oxygen atoms in total. The van der Waals surface area contributed by atoms with Crippen molar-refractivity contribution in [2.24, 2.45) is 5.92 Å². The van der Waals surface area contributed by atoms with Crippen LogP contribution >= 0.6 is 0 Å². The molecule has 1 aromatic rings. The van der Waals surface area contributed by atoms with Crippen molar-refractivity contribution in [3.8, 4) is 0 Å². The van der Waals surface area contributed by atoms with Crippen molar-refractivity contribution in [3.63, 3.8) is 0 Å². The zero-order valence-electron chi connectivity index (χ0n) is 11.4. The summed E-state index contributed by atoms with van der Waals surface area (Å²) in [5.41, 5.74) is 7.63. The molecule has 0 amide bonds. The summed E-state index contributed by atoms with van der Waals surface area (Å²) in [6.07, 6.45) is 5.29. The lowest BCUT2D eigenvalue weighted by molar-refractivity contribution is 0.0527. The summed E-state index contributed by atoms with van der Waals surface area (Å²) in [5, 5.41) is 3.35. The molecule has 1 saturated carbocycles. The summed E-state index contributed by atoms with van der Waals surface area (Å²) < 4.78 is 4.99. The molecular formula is C15H22N2O2. The Hall–Kier alpha value is -1.71. The van der Waals surface area contributed by atoms with Crippen LogP contribution in [0.1, 0.15) is 43.0 Å². The standard InChI is InChI=1S/C15H22N2O2/c1-2-19-15(18)13-10-12(6-7-14(13)16)17-9-8-11-4-3-5-11/h6-7,10-11,17H,2-5,8-9,16H2,1H3. The van der Waals surface area contributed by atoms with E-state index in [4.69, 9.17) is 10.5 Å². The fourth-order valence-corrected chi connectivity index (χ4v) is 2.25. The van der Waals surface area contributed by atoms with Crippen LogP contribution < -0.4 is 11.1 Å². The number of rotatable bonds is 6. The molecule has 4 heteroatoms. The molecule has 0 radical (unpaired) electrons. The van der Waals surface area contributed by atoms with Gasteiger partial charge in [-0.15, -0.1) is 0 Å². The molecule has 104 valence electrons. The van der Waals surface area contributed by atoms with Gasteiger partial charge in [0.2, 0.25) is 0 Å². The number of nitrogens with one attached hydrogen (secondary N) is 1. The summed E-state index contributed by atoms with van der Waals surface area (Å²) in [6.45, 7) is 3.09. The van der Waals surface area contributed by atoms with E-state index in [0.717, 1.165) is 18.2 Å². The highest BCUT2D eigenvalue weighted by Gasteiger charge is 2.16. The Morgan fingerprint density at radius 1 is 1.47 bits per heavy atom. The second-order valence-electron chi connectivity index (χ2n) is 5.03. The molecule has 1 aromatic carbocycles. The zero-order valence-corrected chi connectivity index (χ0v) is 11.4. The molecule has 0 unspecified atom stereocenters. The smallest absolute Gasteiger partial charge is 0.340 e. The van der Waals surface area contributed by atoms with Crippen molar-refractivity contribution >= 4 is 17.3 Å². The Balaban J connectivity index is 1.92. The Labute approximate surface area is 114 Å². The van der Waals surface area contributed by atoms with Gasteiger partial charge in [0, 0.05) is 17.9 Å². The van der Waals surface area contributed by atoms with E-state index in [9.17, 15) is 4.79 Å². The van der Waals surface area contributed by atoms with Crippen LogP contribution in [0.5, 0.6) is 0 Å². The van der Waals surface area contributed by atoms with Gasteiger partial charge in [-0.3, -0.25) is 0 Å². The molecule has 3 N–H and O–H groups in total. The first-order chi connectivity index (χ1) is 9.20. The van der Waals surface area contributed by atoms with Gasteiger partial charge < -0.3 is 15.8 Å². The van der Waals surface area contributed by atoms with E-state index in [1.807, 2.05) is 6.07 Å². The van der Waals surface area contributed by atoms with Crippen LogP contribution in [-0.2, 0) is 4.74 Å². The largest absolute Gasteiger partial charge is 0.462 e. The van der Waals surface area contributed by atoms with Crippen molar-refractivity contribution in [1.29, 1.82) is 0 Å². The third kappa shape index (κ3) is 3.63. The van der Waals surface area contributed by atoms with Gasteiger partial charge in [-0.2, -0.15) is 0 Å². The van der Waals surface area contributed by atoms with Gasteiger partial charge in [0.05, 0.1) is 12.2 Å². The molecule has 1 aliphatic carbocycles. The number of esters is 1. The van der Waals surface area contributed by atoms with Gasteiger partial charge in [0.1, 0.15) is 0 Å². The van der Waals surface area contributed by atoms with Gasteiger partial charge in [0.25, 0.3) is 0 Å². The third-order valence-electron chi connectivity index (χ3n) is 3.66. The van der Waals surface area contributed by atoms with E-state index < -0.39 is 0 Å². The van der Waals surface area contributed by atoms with Crippen LogP contribution in [-0.4, -0.2) is 19.1 Å². The van der Waals surface area contributed by atoms with Crippen molar-refractivity contribution in [2.75, 3.05) is 24.2 Å². The SMILES string of the molecule is CCOC(=O)c1cc(NCCC2CCC2)ccc1N. The van der Waals surface area contributed by atoms with Crippen molar-refractivity contribution in [1.82, 2.24) is 0 Å². The highest BCUT2D eigenvalue weighted by atomic mass is 16.5. The predicted octanol–water partition coefficient (Wildman–Crippen LogP) is 3.05. The molecule has 0 saturated heterocycles. The van der Waals surface area contributed by atoms with E-state index in [1.54, 1.807) is 19.1 Å². The molecule has 0 heterocycles. The number of benzene rings is 1. The summed E-state index contributed by atoms with van der Waals surface area (Å²) >= 11 is 0. The van der Waals surface area contributed by atoms with Gasteiger partial charge in [-0.25, -0.2) is 4.79 Å². The lowest BCUT2D eigenvalue weighted by Gasteiger charge is -2.25. The van der Waals surface area contributed by atoms with Gasteiger partial charge in [-0.05, 0) is 37.5 Å². The van der Waals surface area contributed by atoms with E-state index in [0.29, 0.717) is 17.9 Å². The maximum absolute atomic E-state index is 11.7. The second kappa shape index (κ2) is 6.45. The molecule has 19 heavy (non-hydrogen) atoms. The molecule has 0 atom stereocenters. The molecule has 0 aliphatic heterocycles. The van der Waals surface area contributed by atoms with Crippen LogP contribution in [0.3, 0.4) is 0 Å². The predicted molar refractivity (Wildman–Crippen MR) is 77.3 cm³/mol. The maximum atomic E-state index is 11.7. The summed E-state index contributed by atoms with van der Waals surface area (Å²) in [7, 11) is 0. The molecule has 1 aliphatic rings.